The summed E-state index contributed by atoms with van der Waals surface area (Å²) in [7, 11) is 0. The average Bonchev–Trinajstić information content (AvgIpc) is 3.15. The Balaban J connectivity index is 1.61. The van der Waals surface area contributed by atoms with E-state index in [0.29, 0.717) is 30.7 Å². The number of unbranched alkanes of at least 4 members (excludes halogenated alkanes) is 5. The van der Waals surface area contributed by atoms with Crippen molar-refractivity contribution in [2.24, 2.45) is 0 Å². The van der Waals surface area contributed by atoms with Gasteiger partial charge in [0.25, 0.3) is 0 Å². The second-order valence-electron chi connectivity index (χ2n) is 7.82. The van der Waals surface area contributed by atoms with Crippen molar-refractivity contribution in [2.45, 2.75) is 71.6 Å². The first-order valence-electron chi connectivity index (χ1n) is 10.7. The zero-order chi connectivity index (χ0) is 20.6. The third kappa shape index (κ3) is 5.66. The highest BCUT2D eigenvalue weighted by molar-refractivity contribution is 5.78. The fourth-order valence-electron chi connectivity index (χ4n) is 3.61. The molecule has 154 valence electrons. The number of aromatic nitrogens is 3. The number of aryl methyl sites for hydroxylation is 2. The van der Waals surface area contributed by atoms with Crippen LogP contribution in [0.25, 0.3) is 16.7 Å². The van der Waals surface area contributed by atoms with Gasteiger partial charge in [0, 0.05) is 12.8 Å². The smallest absolute Gasteiger partial charge is 0.146 e. The minimum Gasteiger partial charge on any atom is -0.505 e. The molecule has 0 spiro atoms. The van der Waals surface area contributed by atoms with Crippen LogP contribution in [0.15, 0.2) is 36.4 Å². The Hall–Kier alpha value is -2.69. The maximum absolute atomic E-state index is 12.3. The normalized spacial score (nSPS) is 11.2. The molecule has 5 nitrogen and oxygen atoms in total. The second-order valence-corrected chi connectivity index (χ2v) is 7.82. The van der Waals surface area contributed by atoms with Gasteiger partial charge in [-0.2, -0.15) is 0 Å². The third-order valence-corrected chi connectivity index (χ3v) is 5.34. The Morgan fingerprint density at radius 3 is 2.31 bits per heavy atom. The van der Waals surface area contributed by atoms with Crippen LogP contribution in [0.4, 0.5) is 0 Å². The van der Waals surface area contributed by atoms with Crippen molar-refractivity contribution in [1.29, 1.82) is 0 Å². The Morgan fingerprint density at radius 1 is 0.966 bits per heavy atom. The molecule has 1 aromatic heterocycles. The molecule has 0 aliphatic heterocycles. The van der Waals surface area contributed by atoms with Gasteiger partial charge in [-0.1, -0.05) is 57.2 Å². The quantitative estimate of drug-likeness (QED) is 0.425. The molecule has 3 rings (SSSR count). The van der Waals surface area contributed by atoms with Crippen LogP contribution < -0.4 is 0 Å². The molecule has 2 aromatic carbocycles. The number of phenolic OH excluding ortho intramolecular Hbond substituents is 1. The summed E-state index contributed by atoms with van der Waals surface area (Å²) in [6.07, 6.45) is 9.05. The highest BCUT2D eigenvalue weighted by Gasteiger charge is 2.13. The molecule has 0 saturated heterocycles. The van der Waals surface area contributed by atoms with Crippen LogP contribution in [-0.2, 0) is 11.2 Å². The van der Waals surface area contributed by atoms with Crippen LogP contribution >= 0.6 is 0 Å². The Bertz CT molecular complexity index is 929. The summed E-state index contributed by atoms with van der Waals surface area (Å²) in [5.41, 5.74) is 3.91. The van der Waals surface area contributed by atoms with E-state index in [1.165, 1.54) is 30.5 Å². The highest BCUT2D eigenvalue weighted by atomic mass is 16.3. The van der Waals surface area contributed by atoms with E-state index in [-0.39, 0.29) is 5.75 Å². The van der Waals surface area contributed by atoms with Crippen molar-refractivity contribution < 1.29 is 9.90 Å². The van der Waals surface area contributed by atoms with E-state index in [4.69, 9.17) is 0 Å². The molecule has 1 heterocycles. The van der Waals surface area contributed by atoms with Gasteiger partial charge >= 0.3 is 0 Å². The number of aromatic hydroxyl groups is 1. The third-order valence-electron chi connectivity index (χ3n) is 5.34. The lowest BCUT2D eigenvalue weighted by molar-refractivity contribution is -0.119. The molecule has 0 aliphatic carbocycles. The zero-order valence-corrected chi connectivity index (χ0v) is 17.5. The van der Waals surface area contributed by atoms with E-state index in [9.17, 15) is 9.90 Å². The number of ketones is 1. The van der Waals surface area contributed by atoms with Crippen LogP contribution in [0.1, 0.15) is 69.4 Å². The van der Waals surface area contributed by atoms with E-state index in [1.54, 1.807) is 0 Å². The van der Waals surface area contributed by atoms with Gasteiger partial charge in [-0.15, -0.1) is 15.0 Å². The van der Waals surface area contributed by atoms with Crippen LogP contribution in [0.2, 0.25) is 0 Å². The van der Waals surface area contributed by atoms with Crippen LogP contribution in [0.5, 0.6) is 5.75 Å². The molecular formula is C24H31N3O2. The lowest BCUT2D eigenvalue weighted by atomic mass is 10.0. The fourth-order valence-corrected chi connectivity index (χ4v) is 3.61. The van der Waals surface area contributed by atoms with Crippen molar-refractivity contribution >= 4 is 16.8 Å². The van der Waals surface area contributed by atoms with Gasteiger partial charge in [0.2, 0.25) is 0 Å². The molecule has 0 saturated carbocycles. The van der Waals surface area contributed by atoms with Crippen molar-refractivity contribution in [2.75, 3.05) is 0 Å². The summed E-state index contributed by atoms with van der Waals surface area (Å²) in [4.78, 5) is 13.7. The maximum atomic E-state index is 12.3. The van der Waals surface area contributed by atoms with Gasteiger partial charge in [0.1, 0.15) is 28.3 Å². The molecule has 0 amide bonds. The summed E-state index contributed by atoms with van der Waals surface area (Å²) >= 11 is 0. The first-order chi connectivity index (χ1) is 14.1. The maximum Gasteiger partial charge on any atom is 0.146 e. The number of rotatable bonds is 11. The van der Waals surface area contributed by atoms with Gasteiger partial charge in [0.05, 0.1) is 0 Å². The molecule has 0 radical (unpaired) electrons. The standard InChI is InChI=1S/C24H31N3O2/c1-3-4-5-6-7-8-11-20(28)15-14-19-16-18(2)24(29)23(17-19)27-25-21-12-9-10-13-22(21)26-27/h9-10,12-13,16-17,29H,3-8,11,14-15H2,1-2H3. The van der Waals surface area contributed by atoms with Gasteiger partial charge in [-0.05, 0) is 49.1 Å². The number of hydrogen-bond donors (Lipinski definition) is 1. The minimum atomic E-state index is 0.174. The number of hydrogen-bond acceptors (Lipinski definition) is 4. The zero-order valence-electron chi connectivity index (χ0n) is 17.5. The summed E-state index contributed by atoms with van der Waals surface area (Å²) in [6, 6.07) is 11.5. The summed E-state index contributed by atoms with van der Waals surface area (Å²) in [6.45, 7) is 4.08. The van der Waals surface area contributed by atoms with Crippen LogP contribution in [0, 0.1) is 6.92 Å². The van der Waals surface area contributed by atoms with Gasteiger partial charge in [-0.25, -0.2) is 0 Å². The molecule has 0 atom stereocenters. The Labute approximate surface area is 172 Å². The minimum absolute atomic E-state index is 0.174. The van der Waals surface area contributed by atoms with Gasteiger partial charge in [-0.3, -0.25) is 4.79 Å². The molecule has 29 heavy (non-hydrogen) atoms. The average molecular weight is 394 g/mol. The summed E-state index contributed by atoms with van der Waals surface area (Å²) < 4.78 is 0. The van der Waals surface area contributed by atoms with Crippen molar-refractivity contribution in [3.05, 3.63) is 47.5 Å². The predicted molar refractivity (Wildman–Crippen MR) is 117 cm³/mol. The molecule has 1 N–H and O–H groups in total. The first kappa shape index (κ1) is 21.0. The van der Waals surface area contributed by atoms with Crippen molar-refractivity contribution in [3.8, 4) is 11.4 Å². The number of fused-ring (bicyclic) bond motifs is 1. The van der Waals surface area contributed by atoms with Gasteiger partial charge in [0.15, 0.2) is 0 Å². The second kappa shape index (κ2) is 10.2. The lowest BCUT2D eigenvalue weighted by Crippen LogP contribution is -2.04. The fraction of sp³-hybridized carbons (Fsp3) is 0.458. The molecule has 0 aliphatic rings. The van der Waals surface area contributed by atoms with Crippen molar-refractivity contribution in [1.82, 2.24) is 15.0 Å². The highest BCUT2D eigenvalue weighted by Crippen LogP contribution is 2.28. The predicted octanol–water partition coefficient (Wildman–Crippen LogP) is 5.69. The molecular weight excluding hydrogens is 362 g/mol. The van der Waals surface area contributed by atoms with E-state index in [1.807, 2.05) is 43.3 Å². The van der Waals surface area contributed by atoms with Gasteiger partial charge < -0.3 is 5.11 Å². The largest absolute Gasteiger partial charge is 0.505 e. The number of carbonyl (C=O) groups excluding carboxylic acids is 1. The number of nitrogens with zero attached hydrogens (tertiary/aromatic N) is 3. The van der Waals surface area contributed by atoms with E-state index >= 15 is 0 Å². The van der Waals surface area contributed by atoms with Crippen LogP contribution in [0.3, 0.4) is 0 Å². The molecule has 0 bridgehead atoms. The first-order valence-corrected chi connectivity index (χ1v) is 10.7. The summed E-state index contributed by atoms with van der Waals surface area (Å²) in [5, 5.41) is 19.5. The number of carbonyl (C=O) groups is 1. The summed E-state index contributed by atoms with van der Waals surface area (Å²) in [5.74, 6) is 0.489. The number of Topliss-reactive ketones (excluding diaryl/α,β-unsaturated/α-hetero) is 1. The Kier molecular flexibility index (Phi) is 7.39. The topological polar surface area (TPSA) is 68.0 Å². The van der Waals surface area contributed by atoms with E-state index in [2.05, 4.69) is 17.1 Å². The monoisotopic (exact) mass is 393 g/mol. The molecule has 5 heteroatoms. The molecule has 0 fully saturated rings. The van der Waals surface area contributed by atoms with E-state index < -0.39 is 0 Å². The number of benzene rings is 2. The lowest BCUT2D eigenvalue weighted by Gasteiger charge is -2.10. The molecule has 0 unspecified atom stereocenters. The number of phenols is 1. The van der Waals surface area contributed by atoms with Crippen LogP contribution in [-0.4, -0.2) is 25.9 Å². The SMILES string of the molecule is CCCCCCCCC(=O)CCc1cc(C)c(O)c(-n2nc3ccccc3n2)c1. The molecule has 3 aromatic rings. The van der Waals surface area contributed by atoms with E-state index in [0.717, 1.165) is 35.0 Å². The Morgan fingerprint density at radius 2 is 1.62 bits per heavy atom. The van der Waals surface area contributed by atoms with Crippen molar-refractivity contribution in [3.63, 3.8) is 0 Å².